The molecule has 2 aliphatic heterocycles. The lowest BCUT2D eigenvalue weighted by Crippen LogP contribution is -2.46. The topological polar surface area (TPSA) is 32.7 Å². The van der Waals surface area contributed by atoms with Crippen molar-refractivity contribution in [3.63, 3.8) is 0 Å². The number of hydrogen-bond acceptors (Lipinski definition) is 4. The van der Waals surface area contributed by atoms with Crippen LogP contribution in [0.15, 0.2) is 0 Å². The summed E-state index contributed by atoms with van der Waals surface area (Å²) in [6.07, 6.45) is -0.256. The molecule has 1 N–H and O–H groups in total. The first-order chi connectivity index (χ1) is 5.88. The Morgan fingerprint density at radius 2 is 2.00 bits per heavy atom. The van der Waals surface area contributed by atoms with Gasteiger partial charge < -0.3 is 9.84 Å². The number of rotatable bonds is 1. The quantitative estimate of drug-likeness (QED) is 0.619. The molecule has 70 valence electrons. The smallest absolute Gasteiger partial charge is 0.0950 e. The summed E-state index contributed by atoms with van der Waals surface area (Å²) in [6.45, 7) is 3.45. The second kappa shape index (κ2) is 3.96. The molecule has 0 aromatic carbocycles. The summed E-state index contributed by atoms with van der Waals surface area (Å²) in [4.78, 5) is 2.36. The lowest BCUT2D eigenvalue weighted by atomic mass is 10.2. The van der Waals surface area contributed by atoms with Gasteiger partial charge in [0, 0.05) is 24.6 Å². The first-order valence-corrected chi connectivity index (χ1v) is 5.61. The maximum atomic E-state index is 9.57. The lowest BCUT2D eigenvalue weighted by Gasteiger charge is -2.32. The second-order valence-electron chi connectivity index (χ2n) is 3.32. The molecule has 0 bridgehead atoms. The van der Waals surface area contributed by atoms with E-state index in [1.165, 1.54) is 11.5 Å². The van der Waals surface area contributed by atoms with Crippen LogP contribution >= 0.6 is 11.8 Å². The van der Waals surface area contributed by atoms with Gasteiger partial charge in [-0.1, -0.05) is 0 Å². The molecule has 0 aromatic heterocycles. The van der Waals surface area contributed by atoms with E-state index in [-0.39, 0.29) is 12.1 Å². The third kappa shape index (κ3) is 1.76. The molecule has 0 saturated carbocycles. The van der Waals surface area contributed by atoms with Gasteiger partial charge >= 0.3 is 0 Å². The largest absolute Gasteiger partial charge is 0.389 e. The minimum atomic E-state index is -0.256. The summed E-state index contributed by atoms with van der Waals surface area (Å²) >= 11 is 1.99. The normalized spacial score (nSPS) is 38.8. The Bertz CT molecular complexity index is 150. The van der Waals surface area contributed by atoms with Gasteiger partial charge in [0.1, 0.15) is 0 Å². The third-order valence-electron chi connectivity index (χ3n) is 2.54. The monoisotopic (exact) mass is 189 g/mol. The van der Waals surface area contributed by atoms with Gasteiger partial charge in [0.15, 0.2) is 0 Å². The van der Waals surface area contributed by atoms with E-state index in [0.717, 1.165) is 13.1 Å². The van der Waals surface area contributed by atoms with Gasteiger partial charge in [-0.15, -0.1) is 0 Å². The lowest BCUT2D eigenvalue weighted by molar-refractivity contribution is 0.0878. The van der Waals surface area contributed by atoms with E-state index in [0.29, 0.717) is 13.2 Å². The van der Waals surface area contributed by atoms with E-state index < -0.39 is 0 Å². The van der Waals surface area contributed by atoms with Crippen molar-refractivity contribution in [1.29, 1.82) is 0 Å². The highest BCUT2D eigenvalue weighted by molar-refractivity contribution is 7.99. The van der Waals surface area contributed by atoms with E-state index >= 15 is 0 Å². The zero-order valence-corrected chi connectivity index (χ0v) is 7.92. The highest BCUT2D eigenvalue weighted by Crippen LogP contribution is 2.18. The zero-order chi connectivity index (χ0) is 8.39. The van der Waals surface area contributed by atoms with Crippen LogP contribution < -0.4 is 0 Å². The average molecular weight is 189 g/mol. The van der Waals surface area contributed by atoms with E-state index in [4.69, 9.17) is 4.74 Å². The summed E-state index contributed by atoms with van der Waals surface area (Å²) in [7, 11) is 0. The molecule has 2 atom stereocenters. The molecule has 2 rings (SSSR count). The molecule has 4 heteroatoms. The first-order valence-electron chi connectivity index (χ1n) is 4.45. The Morgan fingerprint density at radius 3 is 2.58 bits per heavy atom. The van der Waals surface area contributed by atoms with Crippen molar-refractivity contribution in [2.75, 3.05) is 37.8 Å². The van der Waals surface area contributed by atoms with Gasteiger partial charge in [-0.05, 0) is 0 Å². The molecular formula is C8H15NO2S. The predicted octanol–water partition coefficient (Wildman–Crippen LogP) is -0.205. The molecule has 2 aliphatic rings. The fourth-order valence-electron chi connectivity index (χ4n) is 1.79. The SMILES string of the molecule is OC1COCC1N1CCSCC1. The van der Waals surface area contributed by atoms with Gasteiger partial charge in [0.25, 0.3) is 0 Å². The highest BCUT2D eigenvalue weighted by atomic mass is 32.2. The van der Waals surface area contributed by atoms with Crippen molar-refractivity contribution in [2.24, 2.45) is 0 Å². The molecule has 2 saturated heterocycles. The molecule has 12 heavy (non-hydrogen) atoms. The standard InChI is InChI=1S/C8H15NO2S/c10-8-6-11-5-7(8)9-1-3-12-4-2-9/h7-8,10H,1-6H2. The van der Waals surface area contributed by atoms with Crippen LogP contribution in [0.1, 0.15) is 0 Å². The second-order valence-corrected chi connectivity index (χ2v) is 4.55. The Morgan fingerprint density at radius 1 is 1.25 bits per heavy atom. The number of ether oxygens (including phenoxy) is 1. The number of aliphatic hydroxyl groups is 1. The van der Waals surface area contributed by atoms with Crippen LogP contribution in [0.5, 0.6) is 0 Å². The molecule has 2 unspecified atom stereocenters. The maximum Gasteiger partial charge on any atom is 0.0950 e. The Kier molecular flexibility index (Phi) is 2.91. The van der Waals surface area contributed by atoms with Crippen molar-refractivity contribution >= 4 is 11.8 Å². The minimum absolute atomic E-state index is 0.256. The van der Waals surface area contributed by atoms with Crippen LogP contribution in [-0.4, -0.2) is 60.0 Å². The zero-order valence-electron chi connectivity index (χ0n) is 7.11. The van der Waals surface area contributed by atoms with Gasteiger partial charge in [0.2, 0.25) is 0 Å². The minimum Gasteiger partial charge on any atom is -0.389 e. The van der Waals surface area contributed by atoms with Crippen LogP contribution in [0.3, 0.4) is 0 Å². The summed E-state index contributed by atoms with van der Waals surface area (Å²) < 4.78 is 5.22. The summed E-state index contributed by atoms with van der Waals surface area (Å²) in [6, 6.07) is 0.269. The average Bonchev–Trinajstić information content (AvgIpc) is 2.53. The molecular weight excluding hydrogens is 174 g/mol. The summed E-state index contributed by atoms with van der Waals surface area (Å²) in [5, 5.41) is 9.57. The van der Waals surface area contributed by atoms with Crippen molar-refractivity contribution in [2.45, 2.75) is 12.1 Å². The maximum absolute atomic E-state index is 9.57. The molecule has 0 aliphatic carbocycles. The molecule has 0 radical (unpaired) electrons. The molecule has 2 heterocycles. The third-order valence-corrected chi connectivity index (χ3v) is 3.48. The van der Waals surface area contributed by atoms with Gasteiger partial charge in [-0.2, -0.15) is 11.8 Å². The van der Waals surface area contributed by atoms with Crippen LogP contribution in [0.4, 0.5) is 0 Å². The number of nitrogens with zero attached hydrogens (tertiary/aromatic N) is 1. The van der Waals surface area contributed by atoms with Gasteiger partial charge in [-0.25, -0.2) is 0 Å². The Hall–Kier alpha value is 0.230. The van der Waals surface area contributed by atoms with Gasteiger partial charge in [0.05, 0.1) is 25.4 Å². The van der Waals surface area contributed by atoms with Crippen LogP contribution in [-0.2, 0) is 4.74 Å². The Labute approximate surface area is 77.1 Å². The Balaban J connectivity index is 1.89. The fourth-order valence-corrected chi connectivity index (χ4v) is 2.72. The highest BCUT2D eigenvalue weighted by Gasteiger charge is 2.31. The van der Waals surface area contributed by atoms with E-state index in [1.54, 1.807) is 0 Å². The van der Waals surface area contributed by atoms with Gasteiger partial charge in [-0.3, -0.25) is 4.90 Å². The predicted molar refractivity (Wildman–Crippen MR) is 49.5 cm³/mol. The van der Waals surface area contributed by atoms with Crippen LogP contribution in [0.25, 0.3) is 0 Å². The van der Waals surface area contributed by atoms with Crippen molar-refractivity contribution in [3.05, 3.63) is 0 Å². The fraction of sp³-hybridized carbons (Fsp3) is 1.00. The van der Waals surface area contributed by atoms with Crippen molar-refractivity contribution < 1.29 is 9.84 Å². The number of thioether (sulfide) groups is 1. The number of aliphatic hydroxyl groups excluding tert-OH is 1. The van der Waals surface area contributed by atoms with E-state index in [1.807, 2.05) is 11.8 Å². The first kappa shape index (κ1) is 8.81. The van der Waals surface area contributed by atoms with E-state index in [9.17, 15) is 5.11 Å². The van der Waals surface area contributed by atoms with Crippen LogP contribution in [0.2, 0.25) is 0 Å². The van der Waals surface area contributed by atoms with E-state index in [2.05, 4.69) is 4.90 Å². The van der Waals surface area contributed by atoms with Crippen molar-refractivity contribution in [1.82, 2.24) is 4.90 Å². The molecule has 0 amide bonds. The molecule has 0 spiro atoms. The summed E-state index contributed by atoms with van der Waals surface area (Å²) in [5.74, 6) is 2.40. The number of hydrogen-bond donors (Lipinski definition) is 1. The molecule has 3 nitrogen and oxygen atoms in total. The summed E-state index contributed by atoms with van der Waals surface area (Å²) in [5.41, 5.74) is 0. The molecule has 0 aromatic rings. The van der Waals surface area contributed by atoms with Crippen molar-refractivity contribution in [3.8, 4) is 0 Å². The van der Waals surface area contributed by atoms with Crippen LogP contribution in [0, 0.1) is 0 Å². The molecule has 2 fully saturated rings.